The monoisotopic (exact) mass is 278 g/mol. The van der Waals surface area contributed by atoms with E-state index in [0.717, 1.165) is 12.8 Å². The fourth-order valence-corrected chi connectivity index (χ4v) is 1.67. The second-order valence-corrected chi connectivity index (χ2v) is 4.90. The van der Waals surface area contributed by atoms with Crippen LogP contribution in [0.2, 0.25) is 0 Å². The number of hydrogen-bond donors (Lipinski definition) is 6. The third-order valence-corrected chi connectivity index (χ3v) is 3.06. The lowest BCUT2D eigenvalue weighted by Crippen LogP contribution is -2.50. The Morgan fingerprint density at radius 3 is 1.84 bits per heavy atom. The highest BCUT2D eigenvalue weighted by atomic mass is 16.3. The quantitative estimate of drug-likeness (QED) is 0.347. The lowest BCUT2D eigenvalue weighted by atomic mass is 9.95. The summed E-state index contributed by atoms with van der Waals surface area (Å²) in [5, 5.41) is 36.3. The molecule has 19 heavy (non-hydrogen) atoms. The summed E-state index contributed by atoms with van der Waals surface area (Å²) in [6, 6.07) is 0.323. The molecule has 0 bridgehead atoms. The average Bonchev–Trinajstić information content (AvgIpc) is 2.48. The van der Waals surface area contributed by atoms with Crippen LogP contribution in [-0.4, -0.2) is 64.3 Å². The third-order valence-electron chi connectivity index (χ3n) is 3.06. The summed E-state index contributed by atoms with van der Waals surface area (Å²) < 4.78 is 0. The highest BCUT2D eigenvalue weighted by molar-refractivity contribution is 5.77. The van der Waals surface area contributed by atoms with Crippen molar-refractivity contribution in [1.82, 2.24) is 5.32 Å². The van der Waals surface area contributed by atoms with Crippen LogP contribution in [0.4, 0.5) is 0 Å². The van der Waals surface area contributed by atoms with Crippen LogP contribution in [0.5, 0.6) is 0 Å². The van der Waals surface area contributed by atoms with E-state index < -0.39 is 25.4 Å². The summed E-state index contributed by atoms with van der Waals surface area (Å²) in [7, 11) is 0. The fraction of sp³-hybridized carbons (Fsp3) is 0.917. The van der Waals surface area contributed by atoms with E-state index in [2.05, 4.69) is 5.32 Å². The van der Waals surface area contributed by atoms with E-state index in [4.69, 9.17) is 26.2 Å². The third kappa shape index (κ3) is 8.12. The zero-order valence-corrected chi connectivity index (χ0v) is 11.2. The van der Waals surface area contributed by atoms with Crippen molar-refractivity contribution in [2.45, 2.75) is 43.7 Å². The molecule has 0 heterocycles. The summed E-state index contributed by atoms with van der Waals surface area (Å²) in [4.78, 5) is 10.7. The van der Waals surface area contributed by atoms with Crippen molar-refractivity contribution >= 4 is 5.91 Å². The maximum absolute atomic E-state index is 10.7. The fourth-order valence-electron chi connectivity index (χ4n) is 1.67. The van der Waals surface area contributed by atoms with Gasteiger partial charge >= 0.3 is 0 Å². The number of hydrogen-bond acceptors (Lipinski definition) is 6. The molecule has 7 heteroatoms. The number of nitrogens with one attached hydrogen (secondary N) is 1. The first-order chi connectivity index (χ1) is 9.01. The second-order valence-electron chi connectivity index (χ2n) is 4.90. The van der Waals surface area contributed by atoms with Gasteiger partial charge in [0.2, 0.25) is 5.91 Å². The van der Waals surface area contributed by atoms with Crippen LogP contribution in [-0.2, 0) is 4.79 Å². The Labute approximate surface area is 113 Å². The van der Waals surface area contributed by atoms with Gasteiger partial charge in [-0.1, -0.05) is 19.3 Å². The van der Waals surface area contributed by atoms with E-state index in [1.807, 2.05) is 0 Å². The normalized spacial score (nSPS) is 16.5. The molecule has 0 spiro atoms. The zero-order chi connectivity index (χ0) is 14.7. The molecule has 1 amide bonds. The van der Waals surface area contributed by atoms with Gasteiger partial charge in [-0.2, -0.15) is 0 Å². The topological polar surface area (TPSA) is 136 Å². The van der Waals surface area contributed by atoms with Crippen LogP contribution in [0.25, 0.3) is 0 Å². The predicted octanol–water partition coefficient (Wildman–Crippen LogP) is -1.91. The average molecular weight is 278 g/mol. The summed E-state index contributed by atoms with van der Waals surface area (Å²) in [5.74, 6) is -0.239. The van der Waals surface area contributed by atoms with E-state index >= 15 is 0 Å². The zero-order valence-electron chi connectivity index (χ0n) is 11.2. The molecule has 0 aromatic rings. The maximum atomic E-state index is 10.7. The van der Waals surface area contributed by atoms with Gasteiger partial charge in [-0.3, -0.25) is 4.79 Å². The maximum Gasteiger partial charge on any atom is 0.245 e. The Kier molecular flexibility index (Phi) is 9.72. The first-order valence-electron chi connectivity index (χ1n) is 6.53. The number of nitrogens with two attached hydrogens (primary N) is 1. The van der Waals surface area contributed by atoms with Crippen molar-refractivity contribution in [1.29, 1.82) is 0 Å². The molecule has 0 atom stereocenters. The number of rotatable bonds is 5. The molecule has 0 saturated heterocycles. The smallest absolute Gasteiger partial charge is 0.245 e. The molecule has 1 rings (SSSR count). The van der Waals surface area contributed by atoms with Crippen molar-refractivity contribution in [3.63, 3.8) is 0 Å². The number of aliphatic hydroxyl groups is 4. The Bertz CT molecular complexity index is 232. The summed E-state index contributed by atoms with van der Waals surface area (Å²) in [6.07, 6.45) is 5.84. The van der Waals surface area contributed by atoms with Gasteiger partial charge in [0, 0.05) is 6.04 Å². The summed E-state index contributed by atoms with van der Waals surface area (Å²) >= 11 is 0. The van der Waals surface area contributed by atoms with Gasteiger partial charge in [-0.15, -0.1) is 0 Å². The Morgan fingerprint density at radius 1 is 1.05 bits per heavy atom. The number of carbonyl (C=O) groups excluding carboxylic acids is 1. The molecule has 114 valence electrons. The SMILES string of the molecule is NC(CO)(CO)CO.O=C(CO)NC1CCCCC1. The van der Waals surface area contributed by atoms with E-state index in [1.165, 1.54) is 19.3 Å². The molecule has 1 fully saturated rings. The molecule has 0 aromatic heterocycles. The first-order valence-corrected chi connectivity index (χ1v) is 6.53. The highest BCUT2D eigenvalue weighted by Crippen LogP contribution is 2.16. The standard InChI is InChI=1S/C8H15NO2.C4H11NO3/c10-6-8(11)9-7-4-2-1-3-5-7;5-4(1-6,2-7)3-8/h7,10H,1-6H2,(H,9,11);6-8H,1-3,5H2. The van der Waals surface area contributed by atoms with Crippen LogP contribution >= 0.6 is 0 Å². The van der Waals surface area contributed by atoms with Gasteiger partial charge in [0.15, 0.2) is 0 Å². The highest BCUT2D eigenvalue weighted by Gasteiger charge is 2.20. The molecule has 0 radical (unpaired) electrons. The molecular weight excluding hydrogens is 252 g/mol. The lowest BCUT2D eigenvalue weighted by molar-refractivity contribution is -0.124. The van der Waals surface area contributed by atoms with Gasteiger partial charge < -0.3 is 31.5 Å². The van der Waals surface area contributed by atoms with Crippen molar-refractivity contribution in [2.75, 3.05) is 26.4 Å². The second kappa shape index (κ2) is 10.1. The molecule has 1 aliphatic carbocycles. The van der Waals surface area contributed by atoms with Crippen LogP contribution < -0.4 is 11.1 Å². The molecular formula is C12H26N2O5. The van der Waals surface area contributed by atoms with Crippen molar-refractivity contribution in [2.24, 2.45) is 5.73 Å². The van der Waals surface area contributed by atoms with Crippen LogP contribution in [0.3, 0.4) is 0 Å². The van der Waals surface area contributed by atoms with Gasteiger partial charge in [-0.05, 0) is 12.8 Å². The number of amides is 1. The molecule has 7 nitrogen and oxygen atoms in total. The van der Waals surface area contributed by atoms with Gasteiger partial charge in [0.05, 0.1) is 25.4 Å². The molecule has 0 aromatic carbocycles. The van der Waals surface area contributed by atoms with Crippen LogP contribution in [0.15, 0.2) is 0 Å². The predicted molar refractivity (Wildman–Crippen MR) is 70.3 cm³/mol. The van der Waals surface area contributed by atoms with E-state index in [0.29, 0.717) is 6.04 Å². The minimum absolute atomic E-state index is 0.239. The summed E-state index contributed by atoms with van der Waals surface area (Å²) in [6.45, 7) is -1.59. The Morgan fingerprint density at radius 2 is 1.53 bits per heavy atom. The van der Waals surface area contributed by atoms with Gasteiger partial charge in [0.1, 0.15) is 6.61 Å². The minimum Gasteiger partial charge on any atom is -0.394 e. The Balaban J connectivity index is 0.000000362. The summed E-state index contributed by atoms with van der Waals surface area (Å²) in [5.41, 5.74) is 3.94. The molecule has 1 saturated carbocycles. The molecule has 0 unspecified atom stereocenters. The Hall–Kier alpha value is -0.730. The molecule has 7 N–H and O–H groups in total. The number of aliphatic hydroxyl groups excluding tert-OH is 4. The van der Waals surface area contributed by atoms with Crippen molar-refractivity contribution in [3.05, 3.63) is 0 Å². The van der Waals surface area contributed by atoms with Crippen LogP contribution in [0, 0.1) is 0 Å². The van der Waals surface area contributed by atoms with E-state index in [-0.39, 0.29) is 12.5 Å². The van der Waals surface area contributed by atoms with Crippen molar-refractivity contribution < 1.29 is 25.2 Å². The minimum atomic E-state index is -1.21. The number of carbonyl (C=O) groups is 1. The van der Waals surface area contributed by atoms with E-state index in [1.54, 1.807) is 0 Å². The van der Waals surface area contributed by atoms with Crippen LogP contribution in [0.1, 0.15) is 32.1 Å². The molecule has 0 aliphatic heterocycles. The lowest BCUT2D eigenvalue weighted by Gasteiger charge is -2.22. The van der Waals surface area contributed by atoms with Gasteiger partial charge in [-0.25, -0.2) is 0 Å². The molecule has 1 aliphatic rings. The first kappa shape index (κ1) is 18.3. The van der Waals surface area contributed by atoms with Crippen molar-refractivity contribution in [3.8, 4) is 0 Å². The van der Waals surface area contributed by atoms with Gasteiger partial charge in [0.25, 0.3) is 0 Å². The largest absolute Gasteiger partial charge is 0.394 e. The van der Waals surface area contributed by atoms with E-state index in [9.17, 15) is 4.79 Å².